The van der Waals surface area contributed by atoms with E-state index >= 15 is 0 Å². The summed E-state index contributed by atoms with van der Waals surface area (Å²) in [6.45, 7) is 0. The molecule has 1 radical (unpaired) electrons. The van der Waals surface area contributed by atoms with Crippen LogP contribution < -0.4 is 4.90 Å². The number of thiazole rings is 10. The summed E-state index contributed by atoms with van der Waals surface area (Å²) < 4.78 is 0. The third-order valence-electron chi connectivity index (χ3n) is 7.78. The molecule has 22 heteroatoms. The van der Waals surface area contributed by atoms with Gasteiger partial charge in [0, 0.05) is 53.8 Å². The number of aromatic nitrogens is 10. The van der Waals surface area contributed by atoms with Crippen molar-refractivity contribution in [3.8, 4) is 85.6 Å². The van der Waals surface area contributed by atoms with Crippen LogP contribution in [-0.2, 0) is 0 Å². The second kappa shape index (κ2) is 14.6. The van der Waals surface area contributed by atoms with Crippen molar-refractivity contribution in [1.29, 1.82) is 0 Å². The summed E-state index contributed by atoms with van der Waals surface area (Å²) >= 11 is 17.4. The Morgan fingerprint density at radius 2 is 0.818 bits per heavy atom. The first-order valence-corrected chi connectivity index (χ1v) is 25.6. The molecule has 11 nitrogen and oxygen atoms in total. The lowest BCUT2D eigenvalue weighted by atomic mass is 10.4. The molecule has 0 amide bonds. The first-order valence-electron chi connectivity index (χ1n) is 15.6. The first-order chi connectivity index (χ1) is 27.2. The van der Waals surface area contributed by atoms with Gasteiger partial charge in [-0.25, -0.2) is 49.8 Å². The van der Waals surface area contributed by atoms with Crippen molar-refractivity contribution < 1.29 is 0 Å². The Bertz CT molecular complexity index is 2930. The Balaban J connectivity index is 0.766. The fourth-order valence-electron chi connectivity index (χ4n) is 5.25. The molecule has 0 saturated carbocycles. The van der Waals surface area contributed by atoms with Crippen molar-refractivity contribution in [2.45, 2.75) is 0 Å². The zero-order valence-electron chi connectivity index (χ0n) is 27.0. The van der Waals surface area contributed by atoms with Crippen molar-refractivity contribution in [2.75, 3.05) is 10.8 Å². The Morgan fingerprint density at radius 1 is 0.436 bits per heavy atom. The van der Waals surface area contributed by atoms with Gasteiger partial charge < -0.3 is 4.90 Å². The molecule has 11 rings (SSSR count). The van der Waals surface area contributed by atoms with Gasteiger partial charge in [-0.15, -0.1) is 125 Å². The third kappa shape index (κ3) is 6.67. The zero-order chi connectivity index (χ0) is 36.3. The van der Waals surface area contributed by atoms with E-state index in [1.54, 1.807) is 114 Å². The molecule has 10 aromatic rings. The van der Waals surface area contributed by atoms with Gasteiger partial charge in [0.15, 0.2) is 0 Å². The molecule has 0 aromatic carbocycles. The van der Waals surface area contributed by atoms with Gasteiger partial charge in [0.2, 0.25) is 0 Å². The molecule has 1 aliphatic heterocycles. The van der Waals surface area contributed by atoms with Gasteiger partial charge in [0.05, 0.1) is 17.1 Å². The van der Waals surface area contributed by atoms with E-state index in [2.05, 4.69) is 37.2 Å². The van der Waals surface area contributed by atoms with Crippen molar-refractivity contribution in [2.24, 2.45) is 0 Å². The van der Waals surface area contributed by atoms with Crippen LogP contribution in [0.5, 0.6) is 0 Å². The van der Waals surface area contributed by atoms with E-state index in [1.807, 2.05) is 48.6 Å². The highest BCUT2D eigenvalue weighted by molar-refractivity contribution is 8.02. The lowest BCUT2D eigenvalue weighted by molar-refractivity contribution is 1.14. The number of hydrogen-bond donors (Lipinski definition) is 0. The maximum atomic E-state index is 4.95. The number of rotatable bonds is 10. The first kappa shape index (κ1) is 34.4. The van der Waals surface area contributed by atoms with Crippen LogP contribution in [-0.4, -0.2) is 55.7 Å². The van der Waals surface area contributed by atoms with Gasteiger partial charge in [-0.05, 0) is 5.41 Å². The van der Waals surface area contributed by atoms with Crippen LogP contribution in [0.1, 0.15) is 5.01 Å². The lowest BCUT2D eigenvalue weighted by Gasteiger charge is -2.16. The topological polar surface area (TPSA) is 132 Å². The predicted molar refractivity (Wildman–Crippen MR) is 235 cm³/mol. The van der Waals surface area contributed by atoms with Crippen molar-refractivity contribution in [3.63, 3.8) is 0 Å². The standard InChI is InChI=1S/C33H14N11S11/c1-2-47-25(34-1)15-3-48-26(36-15)16-4-49-27(37-16)17-5-50-28(38-17)18-6-51-29(39-18)19-7-52-30(40-19)20-8-53-31(41-20)21-9-54-32(42-21)22-10-55-33(43-22)23-11-46-14-44(23)24-12-45-13-35-24/h2-13H,14H2. The van der Waals surface area contributed by atoms with Crippen LogP contribution >= 0.6 is 125 Å². The van der Waals surface area contributed by atoms with Crippen LogP contribution in [0.15, 0.2) is 64.7 Å². The fraction of sp³-hybridized carbons (Fsp3) is 0.0303. The quantitative estimate of drug-likeness (QED) is 0.129. The largest absolute Gasteiger partial charge is 0.312 e. The van der Waals surface area contributed by atoms with Crippen LogP contribution in [0.25, 0.3) is 91.3 Å². The van der Waals surface area contributed by atoms with Crippen molar-refractivity contribution in [3.05, 3.63) is 75.9 Å². The Labute approximate surface area is 355 Å². The van der Waals surface area contributed by atoms with Crippen LogP contribution in [0, 0.1) is 6.20 Å². The zero-order valence-corrected chi connectivity index (χ0v) is 36.0. The molecule has 0 atom stereocenters. The smallest absolute Gasteiger partial charge is 0.144 e. The highest BCUT2D eigenvalue weighted by Gasteiger charge is 2.24. The molecule has 0 saturated heterocycles. The molecule has 0 spiro atoms. The molecule has 55 heavy (non-hydrogen) atoms. The summed E-state index contributed by atoms with van der Waals surface area (Å²) in [5, 5.41) is 30.1. The molecule has 0 unspecified atom stereocenters. The van der Waals surface area contributed by atoms with E-state index in [9.17, 15) is 0 Å². The number of hydrogen-bond acceptors (Lipinski definition) is 22. The van der Waals surface area contributed by atoms with Gasteiger partial charge in [0.25, 0.3) is 0 Å². The number of nitrogens with zero attached hydrogens (tertiary/aromatic N) is 11. The summed E-state index contributed by atoms with van der Waals surface area (Å²) in [6.07, 6.45) is 2.85. The maximum absolute atomic E-state index is 4.95. The summed E-state index contributed by atoms with van der Waals surface area (Å²) in [6, 6.07) is 0. The molecule has 267 valence electrons. The summed E-state index contributed by atoms with van der Waals surface area (Å²) in [5.74, 6) is 1.79. The van der Waals surface area contributed by atoms with Crippen LogP contribution in [0.4, 0.5) is 5.82 Å². The minimum Gasteiger partial charge on any atom is -0.312 e. The SMILES string of the molecule is [c]1csc(-c2csc(-c3csc(-c4csc(-c5csc(-c6csc(-c7csc(-c8csc(-c9csc(C%10=CSCN%10c%10cscn%10)n9)n8)n7)n6)n5)n4)n3)n2)n1. The molecular formula is C33H14N11S11. The van der Waals surface area contributed by atoms with Crippen molar-refractivity contribution in [1.82, 2.24) is 49.8 Å². The maximum Gasteiger partial charge on any atom is 0.144 e. The van der Waals surface area contributed by atoms with Gasteiger partial charge >= 0.3 is 0 Å². The van der Waals surface area contributed by atoms with E-state index in [0.29, 0.717) is 0 Å². The van der Waals surface area contributed by atoms with Crippen LogP contribution in [0.3, 0.4) is 0 Å². The summed E-state index contributed by atoms with van der Waals surface area (Å²) in [7, 11) is 0. The van der Waals surface area contributed by atoms with E-state index in [1.165, 1.54) is 11.3 Å². The molecule has 1 aliphatic rings. The van der Waals surface area contributed by atoms with Crippen LogP contribution in [0.2, 0.25) is 0 Å². The van der Waals surface area contributed by atoms with E-state index < -0.39 is 0 Å². The normalized spacial score (nSPS) is 13.0. The molecule has 0 N–H and O–H groups in total. The monoisotopic (exact) mass is 916 g/mol. The molecule has 0 bridgehead atoms. The minimum absolute atomic E-state index is 0.824. The molecular weight excluding hydrogens is 903 g/mol. The van der Waals surface area contributed by atoms with Gasteiger partial charge in [0.1, 0.15) is 103 Å². The van der Waals surface area contributed by atoms with Crippen molar-refractivity contribution >= 4 is 137 Å². The predicted octanol–water partition coefficient (Wildman–Crippen LogP) is 11.9. The highest BCUT2D eigenvalue weighted by Crippen LogP contribution is 2.41. The molecule has 10 aromatic heterocycles. The third-order valence-corrected chi connectivity index (χ3v) is 16.8. The van der Waals surface area contributed by atoms with Gasteiger partial charge in [-0.3, -0.25) is 0 Å². The van der Waals surface area contributed by atoms with Gasteiger partial charge in [-0.1, -0.05) is 0 Å². The van der Waals surface area contributed by atoms with Gasteiger partial charge in [-0.2, -0.15) is 0 Å². The Morgan fingerprint density at radius 3 is 1.18 bits per heavy atom. The van der Waals surface area contributed by atoms with E-state index in [0.717, 1.165) is 108 Å². The van der Waals surface area contributed by atoms with E-state index in [-0.39, 0.29) is 0 Å². The molecule has 0 aliphatic carbocycles. The number of thioether (sulfide) groups is 1. The second-order valence-corrected chi connectivity index (χ2v) is 20.4. The number of anilines is 1. The minimum atomic E-state index is 0.824. The summed E-state index contributed by atoms with van der Waals surface area (Å²) in [5.41, 5.74) is 9.65. The Kier molecular flexibility index (Phi) is 9.14. The Hall–Kier alpha value is -3.81. The molecule has 11 heterocycles. The highest BCUT2D eigenvalue weighted by atomic mass is 32.2. The lowest BCUT2D eigenvalue weighted by Crippen LogP contribution is -2.16. The van der Waals surface area contributed by atoms with E-state index in [4.69, 9.17) is 39.9 Å². The average molecular weight is 917 g/mol. The summed E-state index contributed by atoms with van der Waals surface area (Å²) in [4.78, 5) is 50.0. The second-order valence-electron chi connectivity index (χ2n) is 11.2. The average Bonchev–Trinajstić information content (AvgIpc) is 4.08. The fourth-order valence-corrected chi connectivity index (χ4v) is 14.1. The molecule has 0 fully saturated rings.